The molecular formula is C88H66BN3Si. The molecule has 0 saturated carbocycles. The summed E-state index contributed by atoms with van der Waals surface area (Å²) in [6.07, 6.45) is 0. The molecule has 93 heavy (non-hydrogen) atoms. The molecule has 0 N–H and O–H groups in total. The molecule has 2 aliphatic heterocycles. The molecule has 0 fully saturated rings. The molecule has 3 heterocycles. The van der Waals surface area contributed by atoms with Gasteiger partial charge >= 0.3 is 0 Å². The van der Waals surface area contributed by atoms with Crippen LogP contribution in [0.4, 0.5) is 34.1 Å². The van der Waals surface area contributed by atoms with E-state index in [9.17, 15) is 0 Å². The van der Waals surface area contributed by atoms with Gasteiger partial charge in [-0.25, -0.2) is 0 Å². The first kappa shape index (κ1) is 55.8. The molecule has 1 aromatic heterocycles. The third-order valence-corrected chi connectivity index (χ3v) is 24.4. The molecule has 0 radical (unpaired) electrons. The first-order valence-electron chi connectivity index (χ1n) is 32.5. The van der Waals surface area contributed by atoms with Crippen molar-refractivity contribution in [3.8, 4) is 50.2 Å². The monoisotopic (exact) mass is 1200 g/mol. The lowest BCUT2D eigenvalue weighted by atomic mass is 9.33. The van der Waals surface area contributed by atoms with Gasteiger partial charge in [0.15, 0.2) is 8.07 Å². The molecule has 0 amide bonds. The van der Waals surface area contributed by atoms with E-state index in [1.165, 1.54) is 109 Å². The lowest BCUT2D eigenvalue weighted by molar-refractivity contribution is 0.590. The third-order valence-electron chi connectivity index (χ3n) is 19.7. The second-order valence-corrected chi connectivity index (χ2v) is 29.8. The minimum absolute atomic E-state index is 0.168. The van der Waals surface area contributed by atoms with Crippen LogP contribution in [0.25, 0.3) is 72.0 Å². The number of hydrogen-bond donors (Lipinski definition) is 0. The van der Waals surface area contributed by atoms with Gasteiger partial charge in [0.25, 0.3) is 6.71 Å². The topological polar surface area (TPSA) is 11.4 Å². The molecule has 0 spiro atoms. The average molecular weight is 1200 g/mol. The highest BCUT2D eigenvalue weighted by molar-refractivity contribution is 7.20. The van der Waals surface area contributed by atoms with E-state index in [-0.39, 0.29) is 12.1 Å². The highest BCUT2D eigenvalue weighted by Gasteiger charge is 2.48. The van der Waals surface area contributed by atoms with Crippen molar-refractivity contribution in [3.63, 3.8) is 0 Å². The van der Waals surface area contributed by atoms with Gasteiger partial charge in [-0.3, -0.25) is 0 Å². The number of nitrogens with zero attached hydrogens (tertiary/aromatic N) is 3. The second kappa shape index (κ2) is 22.6. The molecule has 0 aliphatic carbocycles. The second-order valence-electron chi connectivity index (χ2n) is 25.9. The maximum atomic E-state index is 2.66. The molecule has 0 bridgehead atoms. The van der Waals surface area contributed by atoms with E-state index in [1.807, 2.05) is 0 Å². The van der Waals surface area contributed by atoms with E-state index in [4.69, 9.17) is 0 Å². The van der Waals surface area contributed by atoms with Gasteiger partial charge in [-0.05, 0) is 148 Å². The Labute approximate surface area is 546 Å². The van der Waals surface area contributed by atoms with Crippen LogP contribution in [-0.2, 0) is 5.41 Å². The molecule has 3 nitrogen and oxygen atoms in total. The van der Waals surface area contributed by atoms with Gasteiger partial charge in [-0.15, -0.1) is 0 Å². The van der Waals surface area contributed by atoms with Crippen molar-refractivity contribution in [1.82, 2.24) is 4.57 Å². The number of para-hydroxylation sites is 2. The standard InChI is InChI=1S/C88H66BN3Si/c1-88(2,3)67-57-85-87-86(58-67)92(80-46-28-26-44-74(80)64-35-17-7-18-36-64)84-60-72(93(69-37-19-8-20-38-69,70-39-21-9-22-40-70)71-41-23-10-24-42-71)50-52-78(84)89(87)77-51-49-68(59-83(77)91(85)79-45-27-25-43-73(79)63-33-15-6-16-34-63)90-81-53-47-65(61-29-11-4-12-30-61)55-75(81)76-56-66(48-54-82(76)90)62-31-13-5-14-32-62/h4-60H,1-3H3. The number of aromatic nitrogens is 1. The smallest absolute Gasteiger partial charge is 0.252 e. The minimum atomic E-state index is -3.06. The van der Waals surface area contributed by atoms with E-state index in [0.717, 1.165) is 39.3 Å². The van der Waals surface area contributed by atoms with Gasteiger partial charge in [-0.1, -0.05) is 300 Å². The van der Waals surface area contributed by atoms with Crippen LogP contribution < -0.4 is 46.9 Å². The lowest BCUT2D eigenvalue weighted by Crippen LogP contribution is -2.75. The molecule has 14 aromatic carbocycles. The van der Waals surface area contributed by atoms with E-state index < -0.39 is 8.07 Å². The van der Waals surface area contributed by atoms with Crippen LogP contribution in [0.1, 0.15) is 26.3 Å². The average Bonchev–Trinajstić information content (AvgIpc) is 1.05. The Morgan fingerprint density at radius 3 is 1.09 bits per heavy atom. The lowest BCUT2D eigenvalue weighted by Gasteiger charge is -2.46. The zero-order valence-corrected chi connectivity index (χ0v) is 53.3. The third kappa shape index (κ3) is 9.25. The largest absolute Gasteiger partial charge is 0.311 e. The molecule has 2 aliphatic rings. The zero-order valence-electron chi connectivity index (χ0n) is 52.3. The van der Waals surface area contributed by atoms with Gasteiger partial charge in [-0.2, -0.15) is 0 Å². The molecule has 15 aromatic rings. The summed E-state index contributed by atoms with van der Waals surface area (Å²) in [5.41, 5.74) is 24.6. The van der Waals surface area contributed by atoms with Gasteiger partial charge in [0, 0.05) is 50.3 Å². The Morgan fingerprint density at radius 1 is 0.280 bits per heavy atom. The predicted molar refractivity (Wildman–Crippen MR) is 399 cm³/mol. The molecule has 440 valence electrons. The zero-order chi connectivity index (χ0) is 62.2. The molecule has 0 atom stereocenters. The van der Waals surface area contributed by atoms with E-state index in [0.29, 0.717) is 0 Å². The summed E-state index contributed by atoms with van der Waals surface area (Å²) in [6.45, 7) is 6.96. The fraction of sp³-hybridized carbons (Fsp3) is 0.0455. The predicted octanol–water partition coefficient (Wildman–Crippen LogP) is 18.2. The van der Waals surface area contributed by atoms with Crippen LogP contribution in [0.3, 0.4) is 0 Å². The van der Waals surface area contributed by atoms with Crippen LogP contribution in [0.15, 0.2) is 346 Å². The molecule has 0 saturated heterocycles. The Morgan fingerprint density at radius 2 is 0.656 bits per heavy atom. The SMILES string of the molecule is CC(C)(C)c1cc2c3c(c1)N(c1ccccc1-c1ccccc1)c1cc([Si](c4ccccc4)(c4ccccc4)c4ccccc4)ccc1B3c1ccc(-n3c4ccc(-c5ccccc5)cc4c4cc(-c5ccccc5)ccc43)cc1N2c1ccccc1-c1ccccc1. The minimum Gasteiger partial charge on any atom is -0.311 e. The number of fused-ring (bicyclic) bond motifs is 7. The van der Waals surface area contributed by atoms with Crippen LogP contribution in [0.5, 0.6) is 0 Å². The molecular weight excluding hydrogens is 1140 g/mol. The van der Waals surface area contributed by atoms with Crippen molar-refractivity contribution in [3.05, 3.63) is 351 Å². The normalized spacial score (nSPS) is 12.6. The van der Waals surface area contributed by atoms with Crippen molar-refractivity contribution in [1.29, 1.82) is 0 Å². The van der Waals surface area contributed by atoms with Gasteiger partial charge in [0.2, 0.25) is 0 Å². The summed E-state index contributed by atoms with van der Waals surface area (Å²) in [7, 11) is -3.06. The van der Waals surface area contributed by atoms with Gasteiger partial charge in [0.05, 0.1) is 22.4 Å². The van der Waals surface area contributed by atoms with Crippen LogP contribution in [0, 0.1) is 0 Å². The molecule has 17 rings (SSSR count). The van der Waals surface area contributed by atoms with Crippen LogP contribution >= 0.6 is 0 Å². The van der Waals surface area contributed by atoms with Crippen molar-refractivity contribution in [2.45, 2.75) is 26.2 Å². The highest BCUT2D eigenvalue weighted by Crippen LogP contribution is 2.50. The Kier molecular flexibility index (Phi) is 13.6. The van der Waals surface area contributed by atoms with E-state index >= 15 is 0 Å². The maximum Gasteiger partial charge on any atom is 0.252 e. The first-order chi connectivity index (χ1) is 45.8. The van der Waals surface area contributed by atoms with Crippen molar-refractivity contribution in [2.24, 2.45) is 0 Å². The highest BCUT2D eigenvalue weighted by atomic mass is 28.3. The summed E-state index contributed by atoms with van der Waals surface area (Å²) in [5, 5.41) is 7.78. The van der Waals surface area contributed by atoms with Crippen LogP contribution in [-0.4, -0.2) is 19.4 Å². The number of hydrogen-bond acceptors (Lipinski definition) is 2. The van der Waals surface area contributed by atoms with Crippen molar-refractivity contribution >= 4 is 108 Å². The van der Waals surface area contributed by atoms with E-state index in [2.05, 4.69) is 381 Å². The summed E-state index contributed by atoms with van der Waals surface area (Å²) >= 11 is 0. The van der Waals surface area contributed by atoms with Gasteiger partial charge < -0.3 is 14.4 Å². The Bertz CT molecular complexity index is 5110. The summed E-state index contributed by atoms with van der Waals surface area (Å²) < 4.78 is 2.52. The Hall–Kier alpha value is -11.2. The fourth-order valence-corrected chi connectivity index (χ4v) is 20.1. The summed E-state index contributed by atoms with van der Waals surface area (Å²) in [5.74, 6) is 0. The molecule has 5 heteroatoms. The van der Waals surface area contributed by atoms with Crippen molar-refractivity contribution in [2.75, 3.05) is 9.80 Å². The number of benzene rings is 14. The van der Waals surface area contributed by atoms with Gasteiger partial charge in [0.1, 0.15) is 0 Å². The fourth-order valence-electron chi connectivity index (χ4n) is 15.3. The molecule has 0 unspecified atom stereocenters. The first-order valence-corrected chi connectivity index (χ1v) is 34.5. The number of anilines is 6. The number of rotatable bonds is 11. The Balaban J connectivity index is 0.989. The summed E-state index contributed by atoms with van der Waals surface area (Å²) in [6, 6.07) is 130. The van der Waals surface area contributed by atoms with Crippen LogP contribution in [0.2, 0.25) is 0 Å². The van der Waals surface area contributed by atoms with E-state index in [1.54, 1.807) is 0 Å². The summed E-state index contributed by atoms with van der Waals surface area (Å²) in [4.78, 5) is 5.30. The quantitative estimate of drug-likeness (QED) is 0.0945. The van der Waals surface area contributed by atoms with Crippen molar-refractivity contribution < 1.29 is 0 Å². The maximum absolute atomic E-state index is 3.06.